The quantitative estimate of drug-likeness (QED) is 0.655. The molecule has 0 unspecified atom stereocenters. The summed E-state index contributed by atoms with van der Waals surface area (Å²) < 4.78 is 2.03. The van der Waals surface area contributed by atoms with Gasteiger partial charge in [-0.05, 0) is 12.0 Å². The molecule has 0 saturated carbocycles. The average molecular weight is 312 g/mol. The Kier molecular flexibility index (Phi) is 3.65. The molecule has 0 spiro atoms. The van der Waals surface area contributed by atoms with Gasteiger partial charge in [-0.1, -0.05) is 58.0 Å². The van der Waals surface area contributed by atoms with Gasteiger partial charge < -0.3 is 0 Å². The summed E-state index contributed by atoms with van der Waals surface area (Å²) in [6, 6.07) is 10.2. The zero-order chi connectivity index (χ0) is 15.9. The number of benzene rings is 1. The molecular formula is C18H20N2OS. The third-order valence-electron chi connectivity index (χ3n) is 3.77. The number of hydrogen-bond donors (Lipinski definition) is 0. The summed E-state index contributed by atoms with van der Waals surface area (Å²) in [5, 5.41) is 0. The van der Waals surface area contributed by atoms with Crippen molar-refractivity contribution in [3.05, 3.63) is 46.6 Å². The van der Waals surface area contributed by atoms with E-state index in [1.54, 1.807) is 11.3 Å². The van der Waals surface area contributed by atoms with Gasteiger partial charge in [-0.3, -0.25) is 9.20 Å². The summed E-state index contributed by atoms with van der Waals surface area (Å²) in [4.78, 5) is 18.7. The SMILES string of the molecule is CCc1sc2nc(C(C)(C)C)c(C=O)n2c1-c1ccccc1. The van der Waals surface area contributed by atoms with Crippen LogP contribution in [0, 0.1) is 0 Å². The van der Waals surface area contributed by atoms with E-state index in [0.717, 1.165) is 34.6 Å². The number of aromatic nitrogens is 2. The molecule has 0 aliphatic carbocycles. The van der Waals surface area contributed by atoms with E-state index in [2.05, 4.69) is 39.8 Å². The molecule has 0 bridgehead atoms. The van der Waals surface area contributed by atoms with Gasteiger partial charge in [0.05, 0.1) is 11.4 Å². The highest BCUT2D eigenvalue weighted by Gasteiger charge is 2.27. The Balaban J connectivity index is 2.39. The van der Waals surface area contributed by atoms with Gasteiger partial charge in [0.2, 0.25) is 0 Å². The number of rotatable bonds is 3. The lowest BCUT2D eigenvalue weighted by Crippen LogP contribution is -2.15. The Morgan fingerprint density at radius 2 is 1.91 bits per heavy atom. The van der Waals surface area contributed by atoms with Crippen molar-refractivity contribution in [3.63, 3.8) is 0 Å². The molecule has 2 aromatic heterocycles. The number of thiazole rings is 1. The Bertz CT molecular complexity index is 822. The Labute approximate surface area is 134 Å². The first kappa shape index (κ1) is 15.0. The number of aryl methyl sites for hydroxylation is 1. The molecule has 4 heteroatoms. The van der Waals surface area contributed by atoms with Gasteiger partial charge in [0, 0.05) is 10.3 Å². The fourth-order valence-corrected chi connectivity index (χ4v) is 3.85. The van der Waals surface area contributed by atoms with Crippen LogP contribution in [0.2, 0.25) is 0 Å². The monoisotopic (exact) mass is 312 g/mol. The van der Waals surface area contributed by atoms with Crippen LogP contribution in [0.25, 0.3) is 16.2 Å². The van der Waals surface area contributed by atoms with E-state index >= 15 is 0 Å². The van der Waals surface area contributed by atoms with Crippen LogP contribution < -0.4 is 0 Å². The number of carbonyl (C=O) groups excluding carboxylic acids is 1. The van der Waals surface area contributed by atoms with Crippen molar-refractivity contribution in [1.29, 1.82) is 0 Å². The summed E-state index contributed by atoms with van der Waals surface area (Å²) in [6.07, 6.45) is 1.88. The molecule has 2 heterocycles. The lowest BCUT2D eigenvalue weighted by Gasteiger charge is -2.16. The molecule has 0 aliphatic rings. The Morgan fingerprint density at radius 3 is 2.45 bits per heavy atom. The topological polar surface area (TPSA) is 34.4 Å². The standard InChI is InChI=1S/C18H20N2OS/c1-5-14-15(12-9-7-6-8-10-12)20-13(11-21)16(18(2,3)4)19-17(20)22-14/h6-11H,5H2,1-4H3. The molecule has 0 radical (unpaired) electrons. The lowest BCUT2D eigenvalue weighted by atomic mass is 9.91. The predicted octanol–water partition coefficient (Wildman–Crippen LogP) is 4.74. The molecule has 0 atom stereocenters. The second kappa shape index (κ2) is 5.36. The number of hydrogen-bond acceptors (Lipinski definition) is 3. The number of imidazole rings is 1. The highest BCUT2D eigenvalue weighted by atomic mass is 32.1. The maximum atomic E-state index is 11.8. The molecule has 0 amide bonds. The lowest BCUT2D eigenvalue weighted by molar-refractivity contribution is 0.111. The van der Waals surface area contributed by atoms with Gasteiger partial charge >= 0.3 is 0 Å². The van der Waals surface area contributed by atoms with E-state index in [-0.39, 0.29) is 5.41 Å². The third-order valence-corrected chi connectivity index (χ3v) is 4.96. The zero-order valence-corrected chi connectivity index (χ0v) is 14.2. The van der Waals surface area contributed by atoms with Gasteiger partial charge in [0.25, 0.3) is 0 Å². The van der Waals surface area contributed by atoms with Gasteiger partial charge in [-0.15, -0.1) is 11.3 Å². The maximum Gasteiger partial charge on any atom is 0.195 e. The summed E-state index contributed by atoms with van der Waals surface area (Å²) >= 11 is 1.68. The van der Waals surface area contributed by atoms with Crippen molar-refractivity contribution in [2.24, 2.45) is 0 Å². The van der Waals surface area contributed by atoms with Crippen LogP contribution in [0.5, 0.6) is 0 Å². The van der Waals surface area contributed by atoms with Crippen molar-refractivity contribution in [2.45, 2.75) is 39.5 Å². The second-order valence-corrected chi connectivity index (χ2v) is 7.49. The van der Waals surface area contributed by atoms with Crippen LogP contribution in [-0.2, 0) is 11.8 Å². The highest BCUT2D eigenvalue weighted by Crippen LogP contribution is 2.36. The normalized spacial score (nSPS) is 12.0. The summed E-state index contributed by atoms with van der Waals surface area (Å²) in [5.41, 5.74) is 3.63. The average Bonchev–Trinajstić information content (AvgIpc) is 3.02. The summed E-state index contributed by atoms with van der Waals surface area (Å²) in [7, 11) is 0. The maximum absolute atomic E-state index is 11.8. The van der Waals surface area contributed by atoms with E-state index in [0.29, 0.717) is 5.69 Å². The molecule has 3 aromatic rings. The Morgan fingerprint density at radius 1 is 1.23 bits per heavy atom. The number of aldehydes is 1. The minimum atomic E-state index is -0.150. The van der Waals surface area contributed by atoms with Crippen LogP contribution in [0.15, 0.2) is 30.3 Å². The molecule has 1 aromatic carbocycles. The van der Waals surface area contributed by atoms with Crippen molar-refractivity contribution in [2.75, 3.05) is 0 Å². The second-order valence-electron chi connectivity index (χ2n) is 6.42. The minimum Gasteiger partial charge on any atom is -0.296 e. The van der Waals surface area contributed by atoms with E-state index in [4.69, 9.17) is 4.98 Å². The van der Waals surface area contributed by atoms with E-state index in [9.17, 15) is 4.79 Å². The molecule has 3 rings (SSSR count). The molecule has 3 nitrogen and oxygen atoms in total. The van der Waals surface area contributed by atoms with Crippen LogP contribution in [0.3, 0.4) is 0 Å². The fourth-order valence-electron chi connectivity index (χ4n) is 2.77. The largest absolute Gasteiger partial charge is 0.296 e. The molecule has 0 aliphatic heterocycles. The van der Waals surface area contributed by atoms with Gasteiger partial charge in [0.1, 0.15) is 5.69 Å². The van der Waals surface area contributed by atoms with Crippen molar-refractivity contribution >= 4 is 22.6 Å². The van der Waals surface area contributed by atoms with Crippen LogP contribution in [0.1, 0.15) is 48.8 Å². The molecule has 22 heavy (non-hydrogen) atoms. The van der Waals surface area contributed by atoms with Crippen LogP contribution in [0.4, 0.5) is 0 Å². The molecule has 114 valence electrons. The van der Waals surface area contributed by atoms with Crippen LogP contribution >= 0.6 is 11.3 Å². The first-order valence-electron chi connectivity index (χ1n) is 7.52. The zero-order valence-electron chi connectivity index (χ0n) is 13.4. The van der Waals surface area contributed by atoms with E-state index < -0.39 is 0 Å². The van der Waals surface area contributed by atoms with Crippen molar-refractivity contribution < 1.29 is 4.79 Å². The summed E-state index contributed by atoms with van der Waals surface area (Å²) in [6.45, 7) is 8.42. The molecule has 0 saturated heterocycles. The summed E-state index contributed by atoms with van der Waals surface area (Å²) in [5.74, 6) is 0. The van der Waals surface area contributed by atoms with E-state index in [1.165, 1.54) is 4.88 Å². The molecular weight excluding hydrogens is 292 g/mol. The van der Waals surface area contributed by atoms with Crippen molar-refractivity contribution in [3.8, 4) is 11.3 Å². The molecule has 0 fully saturated rings. The van der Waals surface area contributed by atoms with Gasteiger partial charge in [-0.2, -0.15) is 0 Å². The first-order valence-corrected chi connectivity index (χ1v) is 8.34. The number of fused-ring (bicyclic) bond motifs is 1. The van der Waals surface area contributed by atoms with Gasteiger partial charge in [-0.25, -0.2) is 4.98 Å². The minimum absolute atomic E-state index is 0.150. The Hall–Kier alpha value is -1.94. The highest BCUT2D eigenvalue weighted by molar-refractivity contribution is 7.17. The number of carbonyl (C=O) groups is 1. The van der Waals surface area contributed by atoms with Crippen LogP contribution in [-0.4, -0.2) is 15.7 Å². The predicted molar refractivity (Wildman–Crippen MR) is 92.0 cm³/mol. The van der Waals surface area contributed by atoms with E-state index in [1.807, 2.05) is 22.6 Å². The van der Waals surface area contributed by atoms with Gasteiger partial charge in [0.15, 0.2) is 11.2 Å². The number of nitrogens with zero attached hydrogens (tertiary/aromatic N) is 2. The molecule has 0 N–H and O–H groups in total. The first-order chi connectivity index (χ1) is 10.5. The smallest absolute Gasteiger partial charge is 0.195 e. The van der Waals surface area contributed by atoms with Crippen molar-refractivity contribution in [1.82, 2.24) is 9.38 Å². The third kappa shape index (κ3) is 2.28. The fraction of sp³-hybridized carbons (Fsp3) is 0.333.